The van der Waals surface area contributed by atoms with E-state index in [0.717, 1.165) is 0 Å². The summed E-state index contributed by atoms with van der Waals surface area (Å²) in [5.74, 6) is -4.54. The van der Waals surface area contributed by atoms with Crippen molar-refractivity contribution in [2.24, 2.45) is 10.8 Å². The highest BCUT2D eigenvalue weighted by Crippen LogP contribution is 2.57. The Kier molecular flexibility index (Phi) is 3.90. The topological polar surface area (TPSA) is 23.8 Å². The van der Waals surface area contributed by atoms with E-state index in [1.807, 2.05) is 0 Å². The second-order valence-electron chi connectivity index (χ2n) is 6.25. The molecular weight excluding hydrogens is 294 g/mol. The van der Waals surface area contributed by atoms with Gasteiger partial charge in [-0.25, -0.2) is 17.6 Å². The first-order valence-electron chi connectivity index (χ1n) is 6.75. The van der Waals surface area contributed by atoms with Crippen LogP contribution in [0.25, 0.3) is 5.57 Å². The van der Waals surface area contributed by atoms with Crippen molar-refractivity contribution >= 4 is 5.57 Å². The highest BCUT2D eigenvalue weighted by atomic mass is 19.2. The fourth-order valence-corrected chi connectivity index (χ4v) is 2.67. The van der Waals surface area contributed by atoms with Crippen LogP contribution in [-0.4, -0.2) is 6.17 Å². The average molecular weight is 309 g/mol. The largest absolute Gasteiger partial charge is 0.237 e. The highest BCUT2D eigenvalue weighted by Gasteiger charge is 2.59. The quantitative estimate of drug-likeness (QED) is 0.635. The van der Waals surface area contributed by atoms with Gasteiger partial charge in [0, 0.05) is 0 Å². The van der Waals surface area contributed by atoms with E-state index in [-0.39, 0.29) is 5.56 Å². The molecule has 0 saturated heterocycles. The minimum Gasteiger partial charge on any atom is -0.237 e. The number of rotatable bonds is 1. The molecule has 2 rings (SSSR count). The van der Waals surface area contributed by atoms with Gasteiger partial charge in [0.15, 0.2) is 23.2 Å². The molecule has 5 heteroatoms. The van der Waals surface area contributed by atoms with Gasteiger partial charge in [-0.05, 0) is 11.0 Å². The Bertz CT molecular complexity index is 692. The standard InChI is InChI=1S/C17H15F4N/c1-16(2,3)17(9-22)14(20)12(18)11(13(19)15(17)21)10-7-5-4-6-8-10/h4-8,14H,1-3H3. The normalized spacial score (nSPS) is 26.2. The molecule has 1 aromatic carbocycles. The van der Waals surface area contributed by atoms with Crippen molar-refractivity contribution in [1.82, 2.24) is 0 Å². The summed E-state index contributed by atoms with van der Waals surface area (Å²) in [5, 5.41) is 9.29. The zero-order valence-corrected chi connectivity index (χ0v) is 12.4. The van der Waals surface area contributed by atoms with E-state index in [0.29, 0.717) is 0 Å². The lowest BCUT2D eigenvalue weighted by Gasteiger charge is -2.42. The maximum atomic E-state index is 14.7. The fraction of sp³-hybridized carbons (Fsp3) is 0.353. The maximum absolute atomic E-state index is 14.7. The van der Waals surface area contributed by atoms with Gasteiger partial charge in [0.2, 0.25) is 0 Å². The number of allylic oxidation sites excluding steroid dienone is 4. The van der Waals surface area contributed by atoms with Gasteiger partial charge in [0.25, 0.3) is 0 Å². The minimum atomic E-state index is -2.58. The number of benzene rings is 1. The Balaban J connectivity index is 2.76. The van der Waals surface area contributed by atoms with Gasteiger partial charge in [-0.15, -0.1) is 0 Å². The fourth-order valence-electron chi connectivity index (χ4n) is 2.67. The third-order valence-corrected chi connectivity index (χ3v) is 4.02. The van der Waals surface area contributed by atoms with Crippen molar-refractivity contribution in [1.29, 1.82) is 5.26 Å². The first kappa shape index (κ1) is 16.3. The van der Waals surface area contributed by atoms with Crippen LogP contribution in [0.15, 0.2) is 47.8 Å². The van der Waals surface area contributed by atoms with Crippen LogP contribution in [0.3, 0.4) is 0 Å². The Morgan fingerprint density at radius 3 is 2.09 bits per heavy atom. The van der Waals surface area contributed by atoms with Gasteiger partial charge in [-0.3, -0.25) is 0 Å². The lowest BCUT2D eigenvalue weighted by atomic mass is 9.61. The van der Waals surface area contributed by atoms with Gasteiger partial charge < -0.3 is 0 Å². The summed E-state index contributed by atoms with van der Waals surface area (Å²) in [5.41, 5.74) is -4.60. The number of halogens is 4. The van der Waals surface area contributed by atoms with E-state index in [2.05, 4.69) is 0 Å². The van der Waals surface area contributed by atoms with Crippen molar-refractivity contribution in [2.45, 2.75) is 26.9 Å². The molecule has 0 aliphatic heterocycles. The van der Waals surface area contributed by atoms with Crippen LogP contribution in [0.5, 0.6) is 0 Å². The Morgan fingerprint density at radius 1 is 1.09 bits per heavy atom. The zero-order chi connectivity index (χ0) is 16.7. The molecule has 0 spiro atoms. The van der Waals surface area contributed by atoms with Gasteiger partial charge in [0.1, 0.15) is 5.83 Å². The summed E-state index contributed by atoms with van der Waals surface area (Å²) in [6.07, 6.45) is -2.58. The zero-order valence-electron chi connectivity index (χ0n) is 12.4. The molecule has 0 N–H and O–H groups in total. The smallest absolute Gasteiger partial charge is 0.178 e. The van der Waals surface area contributed by atoms with Gasteiger partial charge in [0.05, 0.1) is 11.6 Å². The molecule has 1 aliphatic carbocycles. The molecule has 0 fully saturated rings. The molecule has 0 bridgehead atoms. The van der Waals surface area contributed by atoms with E-state index in [1.165, 1.54) is 51.1 Å². The molecule has 116 valence electrons. The number of alkyl halides is 1. The Hall–Kier alpha value is -2.09. The van der Waals surface area contributed by atoms with Crippen LogP contribution in [0.2, 0.25) is 0 Å². The number of nitrogens with zero attached hydrogens (tertiary/aromatic N) is 1. The van der Waals surface area contributed by atoms with Gasteiger partial charge in [-0.2, -0.15) is 5.26 Å². The summed E-state index contributed by atoms with van der Waals surface area (Å²) in [7, 11) is 0. The second-order valence-corrected chi connectivity index (χ2v) is 6.25. The van der Waals surface area contributed by atoms with Crippen molar-refractivity contribution in [3.05, 3.63) is 53.4 Å². The monoisotopic (exact) mass is 309 g/mol. The van der Waals surface area contributed by atoms with Crippen molar-refractivity contribution < 1.29 is 17.6 Å². The molecule has 0 aromatic heterocycles. The van der Waals surface area contributed by atoms with Crippen molar-refractivity contribution in [2.75, 3.05) is 0 Å². The van der Waals surface area contributed by atoms with Crippen LogP contribution >= 0.6 is 0 Å². The molecule has 2 atom stereocenters. The summed E-state index contributed by atoms with van der Waals surface area (Å²) in [6, 6.07) is 8.80. The molecule has 2 unspecified atom stereocenters. The summed E-state index contributed by atoms with van der Waals surface area (Å²) >= 11 is 0. The molecule has 0 amide bonds. The average Bonchev–Trinajstić information content (AvgIpc) is 2.46. The van der Waals surface area contributed by atoms with Crippen LogP contribution in [0.4, 0.5) is 17.6 Å². The van der Waals surface area contributed by atoms with E-state index in [1.54, 1.807) is 6.07 Å². The number of nitriles is 1. The van der Waals surface area contributed by atoms with E-state index < -0.39 is 40.1 Å². The van der Waals surface area contributed by atoms with Crippen LogP contribution < -0.4 is 0 Å². The lowest BCUT2D eigenvalue weighted by molar-refractivity contribution is 0.0600. The predicted molar refractivity (Wildman–Crippen MR) is 76.1 cm³/mol. The molecule has 0 heterocycles. The Labute approximate surface area is 126 Å². The Morgan fingerprint density at radius 2 is 1.64 bits per heavy atom. The second kappa shape index (κ2) is 5.28. The SMILES string of the molecule is CC(C)(C)C1(C#N)C(F)=C(F)C(c2ccccc2)=C(F)C1F. The van der Waals surface area contributed by atoms with E-state index in [9.17, 15) is 22.8 Å². The molecule has 0 radical (unpaired) electrons. The number of hydrogen-bond acceptors (Lipinski definition) is 1. The molecule has 1 nitrogen and oxygen atoms in total. The van der Waals surface area contributed by atoms with Gasteiger partial charge >= 0.3 is 0 Å². The third kappa shape index (κ3) is 2.06. The minimum absolute atomic E-state index is 0.0238. The first-order valence-corrected chi connectivity index (χ1v) is 6.75. The number of hydrogen-bond donors (Lipinski definition) is 0. The third-order valence-electron chi connectivity index (χ3n) is 4.02. The highest BCUT2D eigenvalue weighted by molar-refractivity contribution is 5.82. The van der Waals surface area contributed by atoms with Gasteiger partial charge in [-0.1, -0.05) is 51.1 Å². The predicted octanol–water partition coefficient (Wildman–Crippen LogP) is 5.43. The van der Waals surface area contributed by atoms with Crippen molar-refractivity contribution in [3.8, 4) is 6.07 Å². The summed E-state index contributed by atoms with van der Waals surface area (Å²) in [4.78, 5) is 0. The van der Waals surface area contributed by atoms with E-state index in [4.69, 9.17) is 0 Å². The van der Waals surface area contributed by atoms with Crippen LogP contribution in [-0.2, 0) is 0 Å². The molecular formula is C17H15F4N. The van der Waals surface area contributed by atoms with Crippen LogP contribution in [0.1, 0.15) is 26.3 Å². The first-order chi connectivity index (χ1) is 10.2. The lowest BCUT2D eigenvalue weighted by Crippen LogP contribution is -2.46. The molecule has 22 heavy (non-hydrogen) atoms. The van der Waals surface area contributed by atoms with Crippen LogP contribution in [0, 0.1) is 22.2 Å². The molecule has 1 aromatic rings. The summed E-state index contributed by atoms with van der Waals surface area (Å²) in [6.45, 7) is 4.11. The summed E-state index contributed by atoms with van der Waals surface area (Å²) < 4.78 is 58.2. The molecule has 0 saturated carbocycles. The maximum Gasteiger partial charge on any atom is 0.178 e. The van der Waals surface area contributed by atoms with Crippen molar-refractivity contribution in [3.63, 3.8) is 0 Å². The van der Waals surface area contributed by atoms with E-state index >= 15 is 0 Å². The molecule has 1 aliphatic rings.